The molecular formula is C22H21BrSiTi. The van der Waals surface area contributed by atoms with E-state index in [2.05, 4.69) is 85.0 Å². The number of benzene rings is 2. The van der Waals surface area contributed by atoms with Gasteiger partial charge in [0.1, 0.15) is 9.52 Å². The minimum absolute atomic E-state index is 0. The van der Waals surface area contributed by atoms with Crippen molar-refractivity contribution < 1.29 is 38.7 Å². The molecule has 0 heterocycles. The second kappa shape index (κ2) is 16.3. The van der Waals surface area contributed by atoms with Crippen LogP contribution < -0.4 is 27.4 Å². The maximum Gasteiger partial charge on any atom is 3.00 e. The molecular weight excluding hydrogens is 420 g/mol. The molecule has 2 aliphatic carbocycles. The van der Waals surface area contributed by atoms with Crippen LogP contribution in [0.3, 0.4) is 0 Å². The fraction of sp³-hybridized carbons (Fsp3) is 0.0909. The van der Waals surface area contributed by atoms with Gasteiger partial charge in [-0.1, -0.05) is 71.0 Å². The third-order valence-electron chi connectivity index (χ3n) is 3.10. The Balaban J connectivity index is 0.000000400. The quantitative estimate of drug-likeness (QED) is 0.476. The van der Waals surface area contributed by atoms with Gasteiger partial charge in [0.15, 0.2) is 0 Å². The second-order valence-corrected chi connectivity index (χ2v) is 6.59. The number of allylic oxidation sites excluding steroid dienone is 8. The molecule has 0 N–H and O–H groups in total. The molecule has 0 aliphatic heterocycles. The van der Waals surface area contributed by atoms with E-state index in [-0.39, 0.29) is 48.2 Å². The molecule has 0 aromatic heterocycles. The molecule has 0 saturated carbocycles. The van der Waals surface area contributed by atoms with E-state index in [1.165, 1.54) is 10.4 Å². The van der Waals surface area contributed by atoms with E-state index in [0.717, 1.165) is 12.8 Å². The summed E-state index contributed by atoms with van der Waals surface area (Å²) in [4.78, 5) is 0. The summed E-state index contributed by atoms with van der Waals surface area (Å²) in [6.45, 7) is 0. The van der Waals surface area contributed by atoms with Crippen molar-refractivity contribution in [3.63, 3.8) is 0 Å². The van der Waals surface area contributed by atoms with Crippen LogP contribution in [0, 0.1) is 12.2 Å². The van der Waals surface area contributed by atoms with Crippen LogP contribution in [-0.2, 0) is 21.7 Å². The second-order valence-electron chi connectivity index (χ2n) is 4.97. The fourth-order valence-corrected chi connectivity index (χ4v) is 3.19. The molecule has 0 saturated heterocycles. The van der Waals surface area contributed by atoms with Gasteiger partial charge >= 0.3 is 21.7 Å². The van der Waals surface area contributed by atoms with Gasteiger partial charge in [0, 0.05) is 0 Å². The molecule has 0 atom stereocenters. The van der Waals surface area contributed by atoms with E-state index in [9.17, 15) is 0 Å². The van der Waals surface area contributed by atoms with Crippen LogP contribution in [0.5, 0.6) is 0 Å². The molecule has 0 fully saturated rings. The van der Waals surface area contributed by atoms with E-state index in [0.29, 0.717) is 0 Å². The Bertz CT molecular complexity index is 581. The van der Waals surface area contributed by atoms with Gasteiger partial charge in [-0.25, -0.2) is 24.3 Å². The van der Waals surface area contributed by atoms with Gasteiger partial charge in [0.25, 0.3) is 0 Å². The van der Waals surface area contributed by atoms with Gasteiger partial charge in [-0.15, -0.1) is 12.8 Å². The van der Waals surface area contributed by atoms with Gasteiger partial charge < -0.3 is 17.0 Å². The van der Waals surface area contributed by atoms with E-state index < -0.39 is 0 Å². The van der Waals surface area contributed by atoms with E-state index in [1.54, 1.807) is 0 Å². The molecule has 25 heavy (non-hydrogen) atoms. The topological polar surface area (TPSA) is 0 Å². The van der Waals surface area contributed by atoms with Crippen LogP contribution in [0.1, 0.15) is 12.8 Å². The zero-order valence-corrected chi connectivity index (χ0v) is 18.4. The summed E-state index contributed by atoms with van der Waals surface area (Å²) >= 11 is 0. The monoisotopic (exact) mass is 440 g/mol. The minimum Gasteiger partial charge on any atom is -1.00 e. The molecule has 0 nitrogen and oxygen atoms in total. The third kappa shape index (κ3) is 11.9. The Morgan fingerprint density at radius 3 is 1.28 bits per heavy atom. The number of halogens is 1. The smallest absolute Gasteiger partial charge is 1.00 e. The SMILES string of the molecule is [Br-].[C-]1=CC=CC1.[C-]1=CC=CC1.[Ti+3].c1ccc([SiH]c2ccccc2)cc1. The maximum atomic E-state index is 2.99. The molecule has 0 amide bonds. The first-order valence-electron chi connectivity index (χ1n) is 7.83. The zero-order chi connectivity index (χ0) is 16.0. The van der Waals surface area contributed by atoms with Crippen molar-refractivity contribution in [2.24, 2.45) is 0 Å². The van der Waals surface area contributed by atoms with E-state index in [4.69, 9.17) is 0 Å². The molecule has 0 bridgehead atoms. The molecule has 0 spiro atoms. The Hall–Kier alpha value is -1.19. The van der Waals surface area contributed by atoms with Gasteiger partial charge in [0.2, 0.25) is 0 Å². The molecule has 3 heteroatoms. The summed E-state index contributed by atoms with van der Waals surface area (Å²) in [7, 11) is 0.271. The number of rotatable bonds is 2. The summed E-state index contributed by atoms with van der Waals surface area (Å²) in [6.07, 6.45) is 20.0. The molecule has 4 rings (SSSR count). The Labute approximate surface area is 179 Å². The van der Waals surface area contributed by atoms with Crippen molar-refractivity contribution in [2.75, 3.05) is 0 Å². The molecule has 2 aliphatic rings. The average Bonchev–Trinajstić information content (AvgIpc) is 3.35. The summed E-state index contributed by atoms with van der Waals surface area (Å²) in [6, 6.07) is 21.3. The minimum atomic E-state index is 0. The third-order valence-corrected chi connectivity index (χ3v) is 4.54. The van der Waals surface area contributed by atoms with Crippen LogP contribution in [-0.4, -0.2) is 9.52 Å². The average molecular weight is 441 g/mol. The molecule has 124 valence electrons. The fourth-order valence-electron chi connectivity index (χ4n) is 1.97. The normalized spacial score (nSPS) is 12.2. The first-order chi connectivity index (χ1) is 11.4. The molecule has 0 unspecified atom stereocenters. The van der Waals surface area contributed by atoms with Gasteiger partial charge in [-0.2, -0.15) is 12.2 Å². The molecule has 2 aromatic rings. The van der Waals surface area contributed by atoms with E-state index >= 15 is 0 Å². The van der Waals surface area contributed by atoms with Gasteiger partial charge in [-0.05, 0) is 0 Å². The molecule has 2 aromatic carbocycles. The van der Waals surface area contributed by atoms with Crippen molar-refractivity contribution >= 4 is 19.9 Å². The van der Waals surface area contributed by atoms with Crippen LogP contribution >= 0.6 is 0 Å². The zero-order valence-electron chi connectivity index (χ0n) is 14.1. The summed E-state index contributed by atoms with van der Waals surface area (Å²) in [5.74, 6) is 0. The first kappa shape index (κ1) is 23.8. The predicted octanol–water partition coefficient (Wildman–Crippen LogP) is 0.687. The van der Waals surface area contributed by atoms with Gasteiger partial charge in [-0.3, -0.25) is 12.2 Å². The standard InChI is InChI=1S/C12H11Si.2C5H5.BrH.Ti/c1-3-7-11(8-4-1)13-12-9-5-2-6-10-12;2*1-2-4-5-3-1;;/h1-10,13H;2*1-3H,4H2;1H;/q;2*-1;;+3/p-1. The van der Waals surface area contributed by atoms with Crippen LogP contribution in [0.25, 0.3) is 0 Å². The number of hydrogen-bond donors (Lipinski definition) is 0. The summed E-state index contributed by atoms with van der Waals surface area (Å²) in [5, 5.41) is 2.90. The largest absolute Gasteiger partial charge is 3.00 e. The van der Waals surface area contributed by atoms with Crippen molar-refractivity contribution in [3.8, 4) is 0 Å². The van der Waals surface area contributed by atoms with Crippen molar-refractivity contribution in [1.82, 2.24) is 0 Å². The van der Waals surface area contributed by atoms with Gasteiger partial charge in [0.05, 0.1) is 0 Å². The Morgan fingerprint density at radius 1 is 0.640 bits per heavy atom. The van der Waals surface area contributed by atoms with Crippen LogP contribution in [0.2, 0.25) is 0 Å². The summed E-state index contributed by atoms with van der Waals surface area (Å²) in [5.41, 5.74) is 0. The van der Waals surface area contributed by atoms with Crippen molar-refractivity contribution in [2.45, 2.75) is 12.8 Å². The van der Waals surface area contributed by atoms with Crippen LogP contribution in [0.4, 0.5) is 0 Å². The summed E-state index contributed by atoms with van der Waals surface area (Å²) < 4.78 is 0. The Morgan fingerprint density at radius 2 is 1.04 bits per heavy atom. The van der Waals surface area contributed by atoms with Crippen LogP contribution in [0.15, 0.2) is 97.1 Å². The Kier molecular flexibility index (Phi) is 15.5. The molecule has 2 radical (unpaired) electrons. The van der Waals surface area contributed by atoms with Crippen molar-refractivity contribution in [3.05, 3.63) is 109 Å². The number of hydrogen-bond acceptors (Lipinski definition) is 0. The maximum absolute atomic E-state index is 2.99. The predicted molar refractivity (Wildman–Crippen MR) is 102 cm³/mol. The van der Waals surface area contributed by atoms with E-state index in [1.807, 2.05) is 24.3 Å². The first-order valence-corrected chi connectivity index (χ1v) is 8.99. The van der Waals surface area contributed by atoms with Crippen molar-refractivity contribution in [1.29, 1.82) is 0 Å².